The van der Waals surface area contributed by atoms with Crippen molar-refractivity contribution in [3.63, 3.8) is 0 Å². The monoisotopic (exact) mass is 251 g/mol. The zero-order chi connectivity index (χ0) is 12.3. The predicted octanol–water partition coefficient (Wildman–Crippen LogP) is 2.48. The second-order valence-electron chi connectivity index (χ2n) is 3.77. The van der Waals surface area contributed by atoms with Crippen LogP contribution in [0.15, 0.2) is 35.5 Å². The maximum Gasteiger partial charge on any atom is 0.126 e. The summed E-state index contributed by atoms with van der Waals surface area (Å²) in [7, 11) is 1.97. The molecule has 0 bridgehead atoms. The second kappa shape index (κ2) is 5.23. The molecule has 3 nitrogen and oxygen atoms in total. The lowest BCUT2D eigenvalue weighted by Crippen LogP contribution is -1.99. The van der Waals surface area contributed by atoms with Crippen molar-refractivity contribution in [1.29, 1.82) is 0 Å². The molecule has 2 aromatic rings. The quantitative estimate of drug-likeness (QED) is 0.670. The molecule has 1 aromatic heterocycles. The van der Waals surface area contributed by atoms with Gasteiger partial charge < -0.3 is 10.3 Å². The Kier molecular flexibility index (Phi) is 3.68. The van der Waals surface area contributed by atoms with Gasteiger partial charge in [0.15, 0.2) is 0 Å². The van der Waals surface area contributed by atoms with Gasteiger partial charge in [0, 0.05) is 42.2 Å². The number of nitrogen functional groups attached to an aromatic ring is 1. The van der Waals surface area contributed by atoms with Crippen molar-refractivity contribution in [3.8, 4) is 0 Å². The van der Waals surface area contributed by atoms with E-state index in [4.69, 9.17) is 5.73 Å². The first-order valence-electron chi connectivity index (χ1n) is 5.30. The zero-order valence-corrected chi connectivity index (χ0v) is 10.4. The van der Waals surface area contributed by atoms with E-state index in [2.05, 4.69) is 4.98 Å². The molecule has 0 saturated carbocycles. The van der Waals surface area contributed by atoms with E-state index in [9.17, 15) is 4.39 Å². The molecule has 2 rings (SSSR count). The Balaban J connectivity index is 1.92. The van der Waals surface area contributed by atoms with Crippen molar-refractivity contribution >= 4 is 17.4 Å². The summed E-state index contributed by atoms with van der Waals surface area (Å²) in [6.07, 6.45) is 4.55. The highest BCUT2D eigenvalue weighted by Gasteiger charge is 2.02. The lowest BCUT2D eigenvalue weighted by atomic mass is 10.3. The van der Waals surface area contributed by atoms with Crippen LogP contribution in [0, 0.1) is 5.82 Å². The Labute approximate surface area is 104 Å². The summed E-state index contributed by atoms with van der Waals surface area (Å²) in [5.41, 5.74) is 6.04. The molecular formula is C12H14FN3S. The molecule has 0 aliphatic heterocycles. The van der Waals surface area contributed by atoms with Crippen molar-refractivity contribution in [2.24, 2.45) is 7.05 Å². The van der Waals surface area contributed by atoms with Gasteiger partial charge in [-0.15, -0.1) is 11.8 Å². The van der Waals surface area contributed by atoms with E-state index in [0.717, 1.165) is 22.9 Å². The molecule has 2 N–H and O–H groups in total. The Morgan fingerprint density at radius 1 is 1.41 bits per heavy atom. The summed E-state index contributed by atoms with van der Waals surface area (Å²) in [6.45, 7) is 0. The van der Waals surface area contributed by atoms with E-state index in [1.165, 1.54) is 12.1 Å². The number of nitrogens with two attached hydrogens (primary N) is 1. The normalized spacial score (nSPS) is 10.7. The average molecular weight is 251 g/mol. The van der Waals surface area contributed by atoms with Gasteiger partial charge in [0.05, 0.1) is 0 Å². The van der Waals surface area contributed by atoms with Crippen LogP contribution in [0.5, 0.6) is 0 Å². The minimum Gasteiger partial charge on any atom is -0.399 e. The molecule has 1 aromatic carbocycles. The molecule has 0 radical (unpaired) electrons. The summed E-state index contributed by atoms with van der Waals surface area (Å²) in [6, 6.07) is 4.61. The fourth-order valence-electron chi connectivity index (χ4n) is 1.57. The molecule has 0 aliphatic rings. The third-order valence-electron chi connectivity index (χ3n) is 2.41. The second-order valence-corrected chi connectivity index (χ2v) is 4.94. The van der Waals surface area contributed by atoms with E-state index in [1.807, 2.05) is 17.8 Å². The fraction of sp³-hybridized carbons (Fsp3) is 0.250. The molecule has 1 heterocycles. The van der Waals surface area contributed by atoms with Crippen LogP contribution >= 0.6 is 11.8 Å². The van der Waals surface area contributed by atoms with Crippen LogP contribution in [0.2, 0.25) is 0 Å². The lowest BCUT2D eigenvalue weighted by Gasteiger charge is -2.04. The molecule has 5 heteroatoms. The highest BCUT2D eigenvalue weighted by Crippen LogP contribution is 2.22. The smallest absolute Gasteiger partial charge is 0.126 e. The summed E-state index contributed by atoms with van der Waals surface area (Å²) >= 11 is 1.58. The summed E-state index contributed by atoms with van der Waals surface area (Å²) < 4.78 is 15.1. The first-order valence-corrected chi connectivity index (χ1v) is 6.29. The van der Waals surface area contributed by atoms with Crippen LogP contribution < -0.4 is 5.73 Å². The molecular weight excluding hydrogens is 237 g/mol. The van der Waals surface area contributed by atoms with Gasteiger partial charge in [0.25, 0.3) is 0 Å². The Hall–Kier alpha value is -1.49. The van der Waals surface area contributed by atoms with Crippen LogP contribution in [0.3, 0.4) is 0 Å². The highest BCUT2D eigenvalue weighted by atomic mass is 32.2. The van der Waals surface area contributed by atoms with Crippen molar-refractivity contribution in [2.75, 3.05) is 11.5 Å². The average Bonchev–Trinajstić information content (AvgIpc) is 2.63. The molecule has 0 unspecified atom stereocenters. The van der Waals surface area contributed by atoms with Crippen LogP contribution in [-0.2, 0) is 13.5 Å². The van der Waals surface area contributed by atoms with E-state index in [0.29, 0.717) is 5.69 Å². The predicted molar refractivity (Wildman–Crippen MR) is 68.4 cm³/mol. The minimum absolute atomic E-state index is 0.288. The first kappa shape index (κ1) is 12.0. The molecule has 0 atom stereocenters. The third kappa shape index (κ3) is 3.23. The fourth-order valence-corrected chi connectivity index (χ4v) is 2.50. The Morgan fingerprint density at radius 2 is 2.24 bits per heavy atom. The molecule has 0 spiro atoms. The maximum absolute atomic E-state index is 13.1. The number of imidazole rings is 1. The van der Waals surface area contributed by atoms with Gasteiger partial charge in [0.1, 0.15) is 11.6 Å². The third-order valence-corrected chi connectivity index (χ3v) is 3.39. The van der Waals surface area contributed by atoms with Gasteiger partial charge in [-0.1, -0.05) is 0 Å². The van der Waals surface area contributed by atoms with Gasteiger partial charge >= 0.3 is 0 Å². The largest absolute Gasteiger partial charge is 0.399 e. The van der Waals surface area contributed by atoms with E-state index >= 15 is 0 Å². The zero-order valence-electron chi connectivity index (χ0n) is 9.56. The van der Waals surface area contributed by atoms with E-state index < -0.39 is 0 Å². The van der Waals surface area contributed by atoms with Gasteiger partial charge in [-0.2, -0.15) is 0 Å². The molecule has 0 amide bonds. The van der Waals surface area contributed by atoms with Crippen molar-refractivity contribution in [2.45, 2.75) is 11.3 Å². The van der Waals surface area contributed by atoms with Crippen LogP contribution in [-0.4, -0.2) is 15.3 Å². The Morgan fingerprint density at radius 3 is 2.88 bits per heavy atom. The standard InChI is InChI=1S/C12H14FN3S/c1-16-4-3-15-12(16)2-5-17-11-7-9(13)6-10(14)8-11/h3-4,6-8H,2,5,14H2,1H3. The summed E-state index contributed by atoms with van der Waals surface area (Å²) in [5.74, 6) is 1.60. The van der Waals surface area contributed by atoms with Gasteiger partial charge in [-0.05, 0) is 18.2 Å². The molecule has 17 heavy (non-hydrogen) atoms. The SMILES string of the molecule is Cn1ccnc1CCSc1cc(N)cc(F)c1. The van der Waals surface area contributed by atoms with Gasteiger partial charge in [-0.25, -0.2) is 9.37 Å². The van der Waals surface area contributed by atoms with Crippen molar-refractivity contribution in [3.05, 3.63) is 42.2 Å². The topological polar surface area (TPSA) is 43.8 Å². The number of benzene rings is 1. The maximum atomic E-state index is 13.1. The van der Waals surface area contributed by atoms with Gasteiger partial charge in [-0.3, -0.25) is 0 Å². The lowest BCUT2D eigenvalue weighted by molar-refractivity contribution is 0.625. The number of halogens is 1. The van der Waals surface area contributed by atoms with E-state index in [-0.39, 0.29) is 5.82 Å². The van der Waals surface area contributed by atoms with Crippen molar-refractivity contribution in [1.82, 2.24) is 9.55 Å². The number of thioether (sulfide) groups is 1. The first-order chi connectivity index (χ1) is 8.15. The number of aryl methyl sites for hydroxylation is 2. The number of hydrogen-bond donors (Lipinski definition) is 1. The molecule has 0 aliphatic carbocycles. The van der Waals surface area contributed by atoms with Crippen LogP contribution in [0.4, 0.5) is 10.1 Å². The summed E-state index contributed by atoms with van der Waals surface area (Å²) in [5, 5.41) is 0. The number of anilines is 1. The van der Waals surface area contributed by atoms with Gasteiger partial charge in [0.2, 0.25) is 0 Å². The van der Waals surface area contributed by atoms with Crippen molar-refractivity contribution < 1.29 is 4.39 Å². The molecule has 90 valence electrons. The van der Waals surface area contributed by atoms with E-state index in [1.54, 1.807) is 24.0 Å². The van der Waals surface area contributed by atoms with Crippen LogP contribution in [0.25, 0.3) is 0 Å². The number of hydrogen-bond acceptors (Lipinski definition) is 3. The Bertz CT molecular complexity index is 490. The molecule has 0 fully saturated rings. The summed E-state index contributed by atoms with van der Waals surface area (Å²) in [4.78, 5) is 5.09. The van der Waals surface area contributed by atoms with Crippen LogP contribution in [0.1, 0.15) is 5.82 Å². The number of nitrogens with zero attached hydrogens (tertiary/aromatic N) is 2. The number of rotatable bonds is 4. The number of aromatic nitrogens is 2. The molecule has 0 saturated heterocycles. The minimum atomic E-state index is -0.288. The highest BCUT2D eigenvalue weighted by molar-refractivity contribution is 7.99.